The van der Waals surface area contributed by atoms with Crippen LogP contribution in [-0.4, -0.2) is 23.3 Å². The van der Waals surface area contributed by atoms with Crippen molar-refractivity contribution in [3.05, 3.63) is 23.3 Å². The lowest BCUT2D eigenvalue weighted by molar-refractivity contribution is 0.402. The summed E-state index contributed by atoms with van der Waals surface area (Å²) in [7, 11) is 0. The summed E-state index contributed by atoms with van der Waals surface area (Å²) in [5.74, 6) is -0.0266. The van der Waals surface area contributed by atoms with Gasteiger partial charge in [-0.05, 0) is 49.2 Å². The SMILES string of the molecule is Br.Oc1cc2c(cc1O)CCNCC2. The highest BCUT2D eigenvalue weighted by Gasteiger charge is 2.10. The molecule has 1 aliphatic rings. The van der Waals surface area contributed by atoms with Gasteiger partial charge >= 0.3 is 0 Å². The molecule has 0 atom stereocenters. The van der Waals surface area contributed by atoms with E-state index in [2.05, 4.69) is 5.32 Å². The first-order valence-corrected chi connectivity index (χ1v) is 4.52. The molecule has 0 amide bonds. The lowest BCUT2D eigenvalue weighted by Gasteiger charge is -2.06. The number of fused-ring (bicyclic) bond motifs is 1. The molecule has 0 aromatic heterocycles. The van der Waals surface area contributed by atoms with E-state index < -0.39 is 0 Å². The molecule has 0 spiro atoms. The molecule has 14 heavy (non-hydrogen) atoms. The van der Waals surface area contributed by atoms with Gasteiger partial charge in [-0.15, -0.1) is 17.0 Å². The van der Waals surface area contributed by atoms with Crippen LogP contribution in [0.15, 0.2) is 12.1 Å². The van der Waals surface area contributed by atoms with Gasteiger partial charge < -0.3 is 15.5 Å². The van der Waals surface area contributed by atoms with E-state index in [0.29, 0.717) is 0 Å². The summed E-state index contributed by atoms with van der Waals surface area (Å²) in [6.07, 6.45) is 1.84. The molecule has 0 saturated heterocycles. The van der Waals surface area contributed by atoms with Gasteiger partial charge in [0.25, 0.3) is 0 Å². The molecule has 1 heterocycles. The van der Waals surface area contributed by atoms with Crippen LogP contribution < -0.4 is 5.32 Å². The average Bonchev–Trinajstić information content (AvgIpc) is 2.31. The second-order valence-corrected chi connectivity index (χ2v) is 3.36. The molecule has 3 N–H and O–H groups in total. The maximum atomic E-state index is 9.30. The highest BCUT2D eigenvalue weighted by molar-refractivity contribution is 8.93. The van der Waals surface area contributed by atoms with Crippen LogP contribution in [0.5, 0.6) is 11.5 Å². The third-order valence-electron chi connectivity index (χ3n) is 2.44. The predicted octanol–water partition coefficient (Wildman–Crippen LogP) is 1.36. The van der Waals surface area contributed by atoms with Crippen LogP contribution in [0.1, 0.15) is 11.1 Å². The maximum Gasteiger partial charge on any atom is 0.157 e. The zero-order valence-electron chi connectivity index (χ0n) is 7.79. The van der Waals surface area contributed by atoms with Gasteiger partial charge in [-0.1, -0.05) is 0 Å². The molecule has 2 rings (SSSR count). The molecule has 3 nitrogen and oxygen atoms in total. The molecule has 0 saturated carbocycles. The maximum absolute atomic E-state index is 9.30. The molecule has 78 valence electrons. The minimum absolute atomic E-state index is 0. The van der Waals surface area contributed by atoms with Crippen molar-refractivity contribution in [2.24, 2.45) is 0 Å². The summed E-state index contributed by atoms with van der Waals surface area (Å²) < 4.78 is 0. The minimum atomic E-state index is -0.0133. The van der Waals surface area contributed by atoms with Crippen LogP contribution in [0.4, 0.5) is 0 Å². The molecular formula is C10H14BrNO2. The molecule has 0 fully saturated rings. The van der Waals surface area contributed by atoms with E-state index in [-0.39, 0.29) is 28.5 Å². The fourth-order valence-corrected chi connectivity index (χ4v) is 1.70. The Bertz CT molecular complexity index is 297. The quantitative estimate of drug-likeness (QED) is 0.617. The molecule has 0 unspecified atom stereocenters. The Balaban J connectivity index is 0.000000980. The fraction of sp³-hybridized carbons (Fsp3) is 0.400. The summed E-state index contributed by atoms with van der Waals surface area (Å²) in [4.78, 5) is 0. The zero-order chi connectivity index (χ0) is 9.26. The molecule has 1 aliphatic heterocycles. The summed E-state index contributed by atoms with van der Waals surface area (Å²) >= 11 is 0. The number of hydrogen-bond acceptors (Lipinski definition) is 3. The smallest absolute Gasteiger partial charge is 0.157 e. The Kier molecular flexibility index (Phi) is 3.77. The normalized spacial score (nSPS) is 15.1. The van der Waals surface area contributed by atoms with Gasteiger partial charge in [-0.3, -0.25) is 0 Å². The Labute approximate surface area is 93.5 Å². The monoisotopic (exact) mass is 259 g/mol. The van der Waals surface area contributed by atoms with Crippen molar-refractivity contribution in [2.45, 2.75) is 12.8 Å². The van der Waals surface area contributed by atoms with Gasteiger partial charge in [0.15, 0.2) is 11.5 Å². The minimum Gasteiger partial charge on any atom is -0.504 e. The van der Waals surface area contributed by atoms with Crippen LogP contribution in [0.2, 0.25) is 0 Å². The summed E-state index contributed by atoms with van der Waals surface area (Å²) in [6, 6.07) is 3.33. The zero-order valence-corrected chi connectivity index (χ0v) is 9.50. The van der Waals surface area contributed by atoms with Crippen molar-refractivity contribution >= 4 is 17.0 Å². The van der Waals surface area contributed by atoms with Crippen molar-refractivity contribution in [1.29, 1.82) is 0 Å². The summed E-state index contributed by atoms with van der Waals surface area (Å²) in [5, 5.41) is 21.9. The predicted molar refractivity (Wildman–Crippen MR) is 60.4 cm³/mol. The molecule has 0 radical (unpaired) electrons. The number of aromatic hydroxyl groups is 2. The first kappa shape index (κ1) is 11.3. The molecule has 4 heteroatoms. The second-order valence-electron chi connectivity index (χ2n) is 3.36. The largest absolute Gasteiger partial charge is 0.504 e. The van der Waals surface area contributed by atoms with Gasteiger partial charge in [0, 0.05) is 0 Å². The van der Waals surface area contributed by atoms with E-state index in [9.17, 15) is 10.2 Å². The lowest BCUT2D eigenvalue weighted by Crippen LogP contribution is -2.16. The van der Waals surface area contributed by atoms with E-state index in [0.717, 1.165) is 37.1 Å². The van der Waals surface area contributed by atoms with Crippen LogP contribution in [0.25, 0.3) is 0 Å². The third-order valence-corrected chi connectivity index (χ3v) is 2.44. The standard InChI is InChI=1S/C10H13NO2.BrH/c12-9-5-7-1-3-11-4-2-8(7)6-10(9)13;/h5-6,11-13H,1-4H2;1H. The van der Waals surface area contributed by atoms with E-state index in [1.807, 2.05) is 0 Å². The first-order chi connectivity index (χ1) is 6.27. The Morgan fingerprint density at radius 3 is 1.79 bits per heavy atom. The number of benzene rings is 1. The van der Waals surface area contributed by atoms with Crippen LogP contribution in [-0.2, 0) is 12.8 Å². The van der Waals surface area contributed by atoms with Crippen molar-refractivity contribution < 1.29 is 10.2 Å². The number of nitrogens with one attached hydrogen (secondary N) is 1. The average molecular weight is 260 g/mol. The number of rotatable bonds is 0. The molecule has 0 bridgehead atoms. The van der Waals surface area contributed by atoms with Gasteiger partial charge in [-0.25, -0.2) is 0 Å². The summed E-state index contributed by atoms with van der Waals surface area (Å²) in [6.45, 7) is 1.88. The molecule has 1 aromatic carbocycles. The molecular weight excluding hydrogens is 246 g/mol. The first-order valence-electron chi connectivity index (χ1n) is 4.52. The molecule has 0 aliphatic carbocycles. The Morgan fingerprint density at radius 2 is 1.36 bits per heavy atom. The fourth-order valence-electron chi connectivity index (χ4n) is 1.70. The number of phenols is 2. The number of halogens is 1. The Morgan fingerprint density at radius 1 is 0.929 bits per heavy atom. The highest BCUT2D eigenvalue weighted by atomic mass is 79.9. The van der Waals surface area contributed by atoms with E-state index >= 15 is 0 Å². The number of phenolic OH excluding ortho intramolecular Hbond substituents is 2. The molecule has 1 aromatic rings. The van der Waals surface area contributed by atoms with Gasteiger partial charge in [0.05, 0.1) is 0 Å². The van der Waals surface area contributed by atoms with Crippen molar-refractivity contribution in [3.63, 3.8) is 0 Å². The Hall–Kier alpha value is -0.740. The topological polar surface area (TPSA) is 52.5 Å². The van der Waals surface area contributed by atoms with Gasteiger partial charge in [-0.2, -0.15) is 0 Å². The number of hydrogen-bond donors (Lipinski definition) is 3. The van der Waals surface area contributed by atoms with Crippen molar-refractivity contribution in [3.8, 4) is 11.5 Å². The van der Waals surface area contributed by atoms with Crippen molar-refractivity contribution in [2.75, 3.05) is 13.1 Å². The van der Waals surface area contributed by atoms with E-state index in [1.165, 1.54) is 0 Å². The van der Waals surface area contributed by atoms with Gasteiger partial charge in [0.2, 0.25) is 0 Å². The van der Waals surface area contributed by atoms with Crippen LogP contribution in [0.3, 0.4) is 0 Å². The van der Waals surface area contributed by atoms with Gasteiger partial charge in [0.1, 0.15) is 0 Å². The lowest BCUT2D eigenvalue weighted by atomic mass is 10.0. The summed E-state index contributed by atoms with van der Waals surface area (Å²) in [5.41, 5.74) is 2.28. The highest BCUT2D eigenvalue weighted by Crippen LogP contribution is 2.29. The second kappa shape index (κ2) is 4.66. The van der Waals surface area contributed by atoms with Crippen molar-refractivity contribution in [1.82, 2.24) is 5.32 Å². The third kappa shape index (κ3) is 2.19. The van der Waals surface area contributed by atoms with E-state index in [4.69, 9.17) is 0 Å². The van der Waals surface area contributed by atoms with Crippen LogP contribution in [0, 0.1) is 0 Å². The van der Waals surface area contributed by atoms with E-state index in [1.54, 1.807) is 12.1 Å². The van der Waals surface area contributed by atoms with Crippen LogP contribution >= 0.6 is 17.0 Å².